The number of hydrogen-bond acceptors (Lipinski definition) is 5. The topological polar surface area (TPSA) is 90.3 Å². The van der Waals surface area contributed by atoms with Gasteiger partial charge in [0.25, 0.3) is 11.5 Å². The molecule has 1 amide bonds. The molecule has 0 fully saturated rings. The summed E-state index contributed by atoms with van der Waals surface area (Å²) in [5.41, 5.74) is -0.00815. The lowest BCUT2D eigenvalue weighted by Crippen LogP contribution is -2.24. The summed E-state index contributed by atoms with van der Waals surface area (Å²) in [6, 6.07) is 8.41. The third-order valence-corrected chi connectivity index (χ3v) is 4.55. The second-order valence-corrected chi connectivity index (χ2v) is 6.82. The van der Waals surface area contributed by atoms with E-state index in [1.54, 1.807) is 24.3 Å². The van der Waals surface area contributed by atoms with Crippen molar-refractivity contribution in [2.75, 3.05) is 11.9 Å². The second kappa shape index (κ2) is 8.91. The van der Waals surface area contributed by atoms with Gasteiger partial charge in [-0.1, -0.05) is 12.1 Å². The number of fused-ring (bicyclic) bond motifs is 1. The van der Waals surface area contributed by atoms with Gasteiger partial charge in [0.2, 0.25) is 0 Å². The van der Waals surface area contributed by atoms with E-state index in [1.165, 1.54) is 10.9 Å². The average Bonchev–Trinajstić information content (AvgIpc) is 2.69. The number of carbonyl (C=O) groups is 2. The van der Waals surface area contributed by atoms with Crippen molar-refractivity contribution in [1.82, 2.24) is 9.55 Å². The standard InChI is InChI=1S/C19H14BrF2N3O4/c20-13-7-11(21)8-14(22)18(13)24-16(26)9-29-17(27)5-6-25-10-23-15-4-2-1-3-12(15)19(25)28/h1-4,7-8,10H,5-6,9H2,(H,24,26). The Balaban J connectivity index is 1.53. The summed E-state index contributed by atoms with van der Waals surface area (Å²) >= 11 is 2.94. The van der Waals surface area contributed by atoms with Gasteiger partial charge in [0.15, 0.2) is 12.4 Å². The number of anilines is 1. The first-order chi connectivity index (χ1) is 13.8. The van der Waals surface area contributed by atoms with Gasteiger partial charge in [-0.05, 0) is 34.1 Å². The number of para-hydroxylation sites is 1. The van der Waals surface area contributed by atoms with Crippen molar-refractivity contribution in [1.29, 1.82) is 0 Å². The number of aryl methyl sites for hydroxylation is 1. The van der Waals surface area contributed by atoms with Crippen molar-refractivity contribution in [2.24, 2.45) is 0 Å². The first kappa shape index (κ1) is 20.6. The summed E-state index contributed by atoms with van der Waals surface area (Å²) in [6.45, 7) is -0.637. The van der Waals surface area contributed by atoms with Gasteiger partial charge >= 0.3 is 5.97 Å². The Labute approximate surface area is 171 Å². The zero-order valence-electron chi connectivity index (χ0n) is 14.8. The molecule has 2 aromatic carbocycles. The maximum atomic E-state index is 13.7. The van der Waals surface area contributed by atoms with Crippen LogP contribution in [0.2, 0.25) is 0 Å². The summed E-state index contributed by atoms with van der Waals surface area (Å²) in [6.07, 6.45) is 1.17. The SMILES string of the molecule is O=C(COC(=O)CCn1cnc2ccccc2c1=O)Nc1c(F)cc(F)cc1Br. The van der Waals surface area contributed by atoms with Crippen molar-refractivity contribution < 1.29 is 23.1 Å². The van der Waals surface area contributed by atoms with Gasteiger partial charge < -0.3 is 10.1 Å². The van der Waals surface area contributed by atoms with Crippen LogP contribution in [0, 0.1) is 11.6 Å². The normalized spacial score (nSPS) is 10.7. The number of benzene rings is 2. The molecule has 0 aliphatic rings. The minimum Gasteiger partial charge on any atom is -0.456 e. The number of hydrogen-bond donors (Lipinski definition) is 1. The zero-order chi connectivity index (χ0) is 21.0. The molecule has 0 bridgehead atoms. The molecule has 3 rings (SSSR count). The van der Waals surface area contributed by atoms with E-state index in [-0.39, 0.29) is 28.7 Å². The molecule has 0 aliphatic heterocycles. The van der Waals surface area contributed by atoms with Gasteiger partial charge in [0, 0.05) is 17.1 Å². The van der Waals surface area contributed by atoms with E-state index in [9.17, 15) is 23.2 Å². The van der Waals surface area contributed by atoms with Crippen LogP contribution >= 0.6 is 15.9 Å². The van der Waals surface area contributed by atoms with Crippen LogP contribution in [0.15, 0.2) is 52.0 Å². The molecule has 150 valence electrons. The Bertz CT molecular complexity index is 1130. The van der Waals surface area contributed by atoms with Gasteiger partial charge in [0.05, 0.1) is 29.3 Å². The first-order valence-electron chi connectivity index (χ1n) is 8.39. The highest BCUT2D eigenvalue weighted by atomic mass is 79.9. The minimum absolute atomic E-state index is 0.0119. The van der Waals surface area contributed by atoms with Crippen molar-refractivity contribution in [2.45, 2.75) is 13.0 Å². The minimum atomic E-state index is -0.972. The molecule has 1 heterocycles. The number of amides is 1. The zero-order valence-corrected chi connectivity index (χ0v) is 16.4. The molecule has 7 nitrogen and oxygen atoms in total. The predicted octanol–water partition coefficient (Wildman–Crippen LogP) is 3.01. The van der Waals surface area contributed by atoms with Gasteiger partial charge in [-0.3, -0.25) is 19.0 Å². The molecule has 0 spiro atoms. The molecular weight excluding hydrogens is 452 g/mol. The maximum absolute atomic E-state index is 13.7. The lowest BCUT2D eigenvalue weighted by molar-refractivity contribution is -0.147. The van der Waals surface area contributed by atoms with Crippen LogP contribution in [0.3, 0.4) is 0 Å². The molecule has 0 radical (unpaired) electrons. The highest BCUT2D eigenvalue weighted by molar-refractivity contribution is 9.10. The number of halogens is 3. The average molecular weight is 466 g/mol. The Kier molecular flexibility index (Phi) is 6.32. The van der Waals surface area contributed by atoms with Crippen molar-refractivity contribution in [3.8, 4) is 0 Å². The third-order valence-electron chi connectivity index (χ3n) is 3.92. The second-order valence-electron chi connectivity index (χ2n) is 5.96. The number of rotatable bonds is 6. The molecule has 0 saturated carbocycles. The maximum Gasteiger partial charge on any atom is 0.308 e. The molecule has 0 atom stereocenters. The molecular formula is C19H14BrF2N3O4. The Morgan fingerprint density at radius 1 is 1.21 bits per heavy atom. The molecule has 0 aliphatic carbocycles. The van der Waals surface area contributed by atoms with Crippen LogP contribution in [0.5, 0.6) is 0 Å². The van der Waals surface area contributed by atoms with E-state index in [4.69, 9.17) is 4.74 Å². The third kappa shape index (κ3) is 5.02. The largest absolute Gasteiger partial charge is 0.456 e. The van der Waals surface area contributed by atoms with E-state index in [0.717, 1.165) is 6.07 Å². The smallest absolute Gasteiger partial charge is 0.308 e. The van der Waals surface area contributed by atoms with Crippen LogP contribution < -0.4 is 10.9 Å². The molecule has 29 heavy (non-hydrogen) atoms. The van der Waals surface area contributed by atoms with Crippen molar-refractivity contribution in [3.05, 3.63) is 69.2 Å². The molecule has 1 N–H and O–H groups in total. The fourth-order valence-corrected chi connectivity index (χ4v) is 3.04. The van der Waals surface area contributed by atoms with Crippen LogP contribution in [-0.4, -0.2) is 28.0 Å². The number of aromatic nitrogens is 2. The van der Waals surface area contributed by atoms with Crippen LogP contribution in [-0.2, 0) is 20.9 Å². The highest BCUT2D eigenvalue weighted by Crippen LogP contribution is 2.26. The molecule has 0 saturated heterocycles. The monoisotopic (exact) mass is 465 g/mol. The number of nitrogens with one attached hydrogen (secondary N) is 1. The Morgan fingerprint density at radius 3 is 2.72 bits per heavy atom. The van der Waals surface area contributed by atoms with Crippen LogP contribution in [0.4, 0.5) is 14.5 Å². The summed E-state index contributed by atoms with van der Waals surface area (Å²) in [7, 11) is 0. The van der Waals surface area contributed by atoms with Crippen LogP contribution in [0.25, 0.3) is 10.9 Å². The quantitative estimate of drug-likeness (QED) is 0.565. The summed E-state index contributed by atoms with van der Waals surface area (Å²) in [4.78, 5) is 40.2. The number of ether oxygens (including phenoxy) is 1. The first-order valence-corrected chi connectivity index (χ1v) is 9.18. The molecule has 1 aromatic heterocycles. The predicted molar refractivity (Wildman–Crippen MR) is 104 cm³/mol. The van der Waals surface area contributed by atoms with E-state index in [0.29, 0.717) is 17.0 Å². The molecule has 3 aromatic rings. The molecule has 10 heteroatoms. The van der Waals surface area contributed by atoms with E-state index >= 15 is 0 Å². The number of carbonyl (C=O) groups excluding carboxylic acids is 2. The Hall–Kier alpha value is -3.14. The van der Waals surface area contributed by atoms with Gasteiger partial charge in [-0.15, -0.1) is 0 Å². The number of nitrogens with zero attached hydrogens (tertiary/aromatic N) is 2. The molecule has 0 unspecified atom stereocenters. The van der Waals surface area contributed by atoms with E-state index < -0.39 is 30.1 Å². The Morgan fingerprint density at radius 2 is 1.97 bits per heavy atom. The fourth-order valence-electron chi connectivity index (χ4n) is 2.53. The summed E-state index contributed by atoms with van der Waals surface area (Å²) in [5.74, 6) is -3.30. The lowest BCUT2D eigenvalue weighted by Gasteiger charge is -2.10. The summed E-state index contributed by atoms with van der Waals surface area (Å²) in [5, 5.41) is 2.62. The van der Waals surface area contributed by atoms with E-state index in [1.807, 2.05) is 0 Å². The van der Waals surface area contributed by atoms with Crippen molar-refractivity contribution in [3.63, 3.8) is 0 Å². The van der Waals surface area contributed by atoms with Gasteiger partial charge in [-0.2, -0.15) is 0 Å². The number of esters is 1. The lowest BCUT2D eigenvalue weighted by atomic mass is 10.2. The summed E-state index contributed by atoms with van der Waals surface area (Å²) < 4.78 is 32.9. The van der Waals surface area contributed by atoms with Gasteiger partial charge in [0.1, 0.15) is 5.82 Å². The van der Waals surface area contributed by atoms with Gasteiger partial charge in [-0.25, -0.2) is 13.8 Å². The highest BCUT2D eigenvalue weighted by Gasteiger charge is 2.14. The van der Waals surface area contributed by atoms with Crippen LogP contribution in [0.1, 0.15) is 6.42 Å². The van der Waals surface area contributed by atoms with E-state index in [2.05, 4.69) is 26.2 Å². The fraction of sp³-hybridized carbons (Fsp3) is 0.158. The van der Waals surface area contributed by atoms with Crippen molar-refractivity contribution >= 4 is 44.4 Å².